The number of nitrogens with two attached hydrogens (primary N) is 1. The van der Waals surface area contributed by atoms with Gasteiger partial charge in [-0.2, -0.15) is 11.8 Å². The van der Waals surface area contributed by atoms with Crippen LogP contribution in [0.2, 0.25) is 0 Å². The van der Waals surface area contributed by atoms with Crippen molar-refractivity contribution < 1.29 is 0 Å². The molecule has 1 aromatic heterocycles. The highest BCUT2D eigenvalue weighted by Crippen LogP contribution is 2.26. The van der Waals surface area contributed by atoms with Crippen LogP contribution in [0.3, 0.4) is 0 Å². The molecule has 96 valence electrons. The summed E-state index contributed by atoms with van der Waals surface area (Å²) in [6.45, 7) is 4.49. The molecule has 0 aliphatic rings. The summed E-state index contributed by atoms with van der Waals surface area (Å²) < 4.78 is 0. The monoisotopic (exact) mass is 278 g/mol. The second-order valence-corrected chi connectivity index (χ2v) is 6.63. The van der Waals surface area contributed by atoms with Crippen molar-refractivity contribution in [2.75, 3.05) is 11.5 Å². The number of aromatic nitrogens is 1. The molecule has 1 heterocycles. The zero-order valence-electron chi connectivity index (χ0n) is 10.7. The summed E-state index contributed by atoms with van der Waals surface area (Å²) in [4.78, 5) is 4.66. The highest BCUT2D eigenvalue weighted by molar-refractivity contribution is 7.98. The van der Waals surface area contributed by atoms with E-state index in [0.29, 0.717) is 0 Å². The predicted octanol–water partition coefficient (Wildman–Crippen LogP) is 4.28. The van der Waals surface area contributed by atoms with Crippen LogP contribution in [-0.4, -0.2) is 10.7 Å². The molecule has 2 N–H and O–H groups in total. The summed E-state index contributed by atoms with van der Waals surface area (Å²) in [5, 5.41) is 3.30. The zero-order chi connectivity index (χ0) is 13.0. The van der Waals surface area contributed by atoms with E-state index in [0.717, 1.165) is 28.6 Å². The van der Waals surface area contributed by atoms with Gasteiger partial charge in [-0.05, 0) is 23.8 Å². The van der Waals surface area contributed by atoms with Gasteiger partial charge in [0.05, 0.1) is 5.69 Å². The van der Waals surface area contributed by atoms with Gasteiger partial charge in [0.15, 0.2) is 0 Å². The molecule has 0 unspecified atom stereocenters. The third kappa shape index (κ3) is 3.75. The van der Waals surface area contributed by atoms with Crippen molar-refractivity contribution in [3.05, 3.63) is 34.7 Å². The van der Waals surface area contributed by atoms with Gasteiger partial charge in [-0.25, -0.2) is 4.98 Å². The van der Waals surface area contributed by atoms with Crippen molar-refractivity contribution >= 4 is 28.8 Å². The molecule has 2 aromatic rings. The molecule has 0 fully saturated rings. The van der Waals surface area contributed by atoms with Gasteiger partial charge in [0.25, 0.3) is 0 Å². The van der Waals surface area contributed by atoms with Crippen LogP contribution in [0.1, 0.15) is 18.9 Å². The first-order chi connectivity index (χ1) is 8.65. The van der Waals surface area contributed by atoms with Crippen LogP contribution in [0.15, 0.2) is 29.6 Å². The van der Waals surface area contributed by atoms with Crippen LogP contribution in [0.4, 0.5) is 5.69 Å². The maximum atomic E-state index is 5.79. The number of nitrogen functional groups attached to an aromatic ring is 1. The number of rotatable bonds is 5. The maximum Gasteiger partial charge on any atom is 0.103 e. The maximum absolute atomic E-state index is 5.79. The Balaban J connectivity index is 2.02. The third-order valence-electron chi connectivity index (χ3n) is 2.41. The largest absolute Gasteiger partial charge is 0.399 e. The fourth-order valence-electron chi connectivity index (χ4n) is 1.59. The first-order valence-corrected chi connectivity index (χ1v) is 8.06. The van der Waals surface area contributed by atoms with E-state index in [1.165, 1.54) is 10.8 Å². The summed E-state index contributed by atoms with van der Waals surface area (Å²) in [6.07, 6.45) is 0. The number of hydrogen-bond acceptors (Lipinski definition) is 4. The van der Waals surface area contributed by atoms with Crippen LogP contribution in [0.25, 0.3) is 11.3 Å². The number of hydrogen-bond donors (Lipinski definition) is 1. The lowest BCUT2D eigenvalue weighted by Gasteiger charge is -2.01. The van der Waals surface area contributed by atoms with Gasteiger partial charge in [-0.15, -0.1) is 11.3 Å². The average Bonchev–Trinajstić information content (AvgIpc) is 2.77. The van der Waals surface area contributed by atoms with Gasteiger partial charge in [-0.3, -0.25) is 0 Å². The fraction of sp³-hybridized carbons (Fsp3) is 0.357. The SMILES string of the molecule is CC(C)CSCc1nc(-c2cccc(N)c2)cs1. The highest BCUT2D eigenvalue weighted by Gasteiger charge is 2.05. The Morgan fingerprint density at radius 1 is 1.39 bits per heavy atom. The van der Waals surface area contributed by atoms with Gasteiger partial charge in [0.1, 0.15) is 5.01 Å². The summed E-state index contributed by atoms with van der Waals surface area (Å²) in [5.41, 5.74) is 8.71. The molecular formula is C14H18N2S2. The molecule has 0 saturated carbocycles. The minimum atomic E-state index is 0.739. The van der Waals surface area contributed by atoms with E-state index < -0.39 is 0 Å². The Morgan fingerprint density at radius 2 is 2.22 bits per heavy atom. The first kappa shape index (κ1) is 13.4. The molecule has 0 aliphatic heterocycles. The topological polar surface area (TPSA) is 38.9 Å². The molecule has 0 spiro atoms. The smallest absolute Gasteiger partial charge is 0.103 e. The quantitative estimate of drug-likeness (QED) is 0.830. The molecule has 18 heavy (non-hydrogen) atoms. The Hall–Kier alpha value is -1.000. The second kappa shape index (κ2) is 6.25. The van der Waals surface area contributed by atoms with E-state index in [2.05, 4.69) is 30.3 Å². The fourth-order valence-corrected chi connectivity index (χ4v) is 3.53. The minimum absolute atomic E-state index is 0.739. The Morgan fingerprint density at radius 3 is 2.94 bits per heavy atom. The lowest BCUT2D eigenvalue weighted by Crippen LogP contribution is -1.91. The molecule has 2 rings (SSSR count). The minimum Gasteiger partial charge on any atom is -0.399 e. The Labute approximate surface area is 117 Å². The van der Waals surface area contributed by atoms with E-state index in [1.54, 1.807) is 11.3 Å². The lowest BCUT2D eigenvalue weighted by atomic mass is 10.1. The Bertz CT molecular complexity index is 506. The number of thiazole rings is 1. The van der Waals surface area contributed by atoms with Crippen molar-refractivity contribution in [3.63, 3.8) is 0 Å². The molecule has 2 nitrogen and oxygen atoms in total. The number of nitrogens with zero attached hydrogens (tertiary/aromatic N) is 1. The molecular weight excluding hydrogens is 260 g/mol. The highest BCUT2D eigenvalue weighted by atomic mass is 32.2. The van der Waals surface area contributed by atoms with Crippen molar-refractivity contribution in [2.45, 2.75) is 19.6 Å². The molecule has 1 aromatic carbocycles. The zero-order valence-corrected chi connectivity index (χ0v) is 12.4. The van der Waals surface area contributed by atoms with Crippen LogP contribution < -0.4 is 5.73 Å². The van der Waals surface area contributed by atoms with Crippen LogP contribution in [-0.2, 0) is 5.75 Å². The van der Waals surface area contributed by atoms with E-state index in [-0.39, 0.29) is 0 Å². The predicted molar refractivity (Wildman–Crippen MR) is 83.0 cm³/mol. The van der Waals surface area contributed by atoms with E-state index >= 15 is 0 Å². The van der Waals surface area contributed by atoms with Crippen LogP contribution in [0, 0.1) is 5.92 Å². The van der Waals surface area contributed by atoms with Crippen LogP contribution in [0.5, 0.6) is 0 Å². The van der Waals surface area contributed by atoms with Gasteiger partial charge in [0, 0.05) is 22.4 Å². The average molecular weight is 278 g/mol. The number of benzene rings is 1. The molecule has 4 heteroatoms. The van der Waals surface area contributed by atoms with Gasteiger partial charge in [0.2, 0.25) is 0 Å². The van der Waals surface area contributed by atoms with Crippen molar-refractivity contribution in [1.29, 1.82) is 0 Å². The van der Waals surface area contributed by atoms with Crippen molar-refractivity contribution in [3.8, 4) is 11.3 Å². The van der Waals surface area contributed by atoms with Crippen molar-refractivity contribution in [1.82, 2.24) is 4.98 Å². The Kier molecular flexibility index (Phi) is 4.66. The van der Waals surface area contributed by atoms with Crippen molar-refractivity contribution in [2.24, 2.45) is 5.92 Å². The number of thioether (sulfide) groups is 1. The molecule has 0 saturated heterocycles. The van der Waals surface area contributed by atoms with E-state index in [1.807, 2.05) is 30.0 Å². The lowest BCUT2D eigenvalue weighted by molar-refractivity contribution is 0.750. The number of anilines is 1. The molecule has 0 amide bonds. The first-order valence-electron chi connectivity index (χ1n) is 6.03. The molecule has 0 atom stereocenters. The summed E-state index contributed by atoms with van der Waals surface area (Å²) >= 11 is 3.68. The molecule has 0 aliphatic carbocycles. The summed E-state index contributed by atoms with van der Waals surface area (Å²) in [7, 11) is 0. The summed E-state index contributed by atoms with van der Waals surface area (Å²) in [6, 6.07) is 7.89. The van der Waals surface area contributed by atoms with Crippen LogP contribution >= 0.6 is 23.1 Å². The molecule has 0 bridgehead atoms. The van der Waals surface area contributed by atoms with E-state index in [4.69, 9.17) is 5.73 Å². The summed E-state index contributed by atoms with van der Waals surface area (Å²) in [5.74, 6) is 2.93. The van der Waals surface area contributed by atoms with Gasteiger partial charge >= 0.3 is 0 Å². The van der Waals surface area contributed by atoms with Gasteiger partial charge in [-0.1, -0.05) is 26.0 Å². The van der Waals surface area contributed by atoms with Gasteiger partial charge < -0.3 is 5.73 Å². The van der Waals surface area contributed by atoms with E-state index in [9.17, 15) is 0 Å². The standard InChI is InChI=1S/C14H18N2S2/c1-10(2)7-17-9-14-16-13(8-18-14)11-4-3-5-12(15)6-11/h3-6,8,10H,7,9,15H2,1-2H3. The second-order valence-electron chi connectivity index (χ2n) is 4.66. The normalized spacial score (nSPS) is 11.1. The third-order valence-corrected chi connectivity index (χ3v) is 4.82. The molecule has 0 radical (unpaired) electrons.